The first-order valence-electron chi connectivity index (χ1n) is 6.88. The maximum Gasteiger partial charge on any atom is 0.242 e. The van der Waals surface area contributed by atoms with E-state index in [0.29, 0.717) is 0 Å². The van der Waals surface area contributed by atoms with Crippen LogP contribution < -0.4 is 5.43 Å². The van der Waals surface area contributed by atoms with Crippen LogP contribution in [0.2, 0.25) is 0 Å². The predicted octanol–water partition coefficient (Wildman–Crippen LogP) is -2.88. The van der Waals surface area contributed by atoms with Crippen molar-refractivity contribution in [2.24, 2.45) is 5.11 Å². The van der Waals surface area contributed by atoms with Crippen LogP contribution in [0.3, 0.4) is 0 Å². The number of hydrogen-bond donors (Lipinski definition) is 5. The molecule has 2 saturated heterocycles. The topological polar surface area (TPSA) is 188 Å². The first-order valence-corrected chi connectivity index (χ1v) is 6.88. The Morgan fingerprint density at radius 3 is 2.74 bits per heavy atom. The Morgan fingerprint density at radius 2 is 2.13 bits per heavy atom. The molecule has 5 N–H and O–H groups in total. The van der Waals surface area contributed by atoms with E-state index >= 15 is 0 Å². The van der Waals surface area contributed by atoms with Gasteiger partial charge in [-0.2, -0.15) is 0 Å². The molecular formula is C11H17N5O7. The third-order valence-corrected chi connectivity index (χ3v) is 3.83. The van der Waals surface area contributed by atoms with Crippen molar-refractivity contribution >= 4 is 11.8 Å². The van der Waals surface area contributed by atoms with Gasteiger partial charge >= 0.3 is 0 Å². The van der Waals surface area contributed by atoms with Crippen LogP contribution in [0.15, 0.2) is 5.11 Å². The zero-order chi connectivity index (χ0) is 17.1. The number of nitrogens with zero attached hydrogens (tertiary/aromatic N) is 4. The summed E-state index contributed by atoms with van der Waals surface area (Å²) >= 11 is 0. The van der Waals surface area contributed by atoms with Crippen LogP contribution in [0.25, 0.3) is 10.4 Å². The quantitative estimate of drug-likeness (QED) is 0.206. The van der Waals surface area contributed by atoms with Gasteiger partial charge < -0.3 is 25.2 Å². The monoisotopic (exact) mass is 331 g/mol. The summed E-state index contributed by atoms with van der Waals surface area (Å²) < 4.78 is 4.95. The molecule has 2 aliphatic heterocycles. The summed E-state index contributed by atoms with van der Waals surface area (Å²) in [5.74, 6) is -1.39. The van der Waals surface area contributed by atoms with Crippen molar-refractivity contribution < 1.29 is 34.8 Å². The fourth-order valence-electron chi connectivity index (χ4n) is 2.59. The molecule has 2 fully saturated rings. The third-order valence-electron chi connectivity index (χ3n) is 3.83. The number of azide groups is 1. The lowest BCUT2D eigenvalue weighted by molar-refractivity contribution is -0.260. The molecule has 0 bridgehead atoms. The largest absolute Gasteiger partial charge is 0.394 e. The normalized spacial score (nSPS) is 37.6. The molecule has 2 heterocycles. The summed E-state index contributed by atoms with van der Waals surface area (Å²) in [6, 6.07) is -2.40. The Kier molecular flexibility index (Phi) is 5.49. The van der Waals surface area contributed by atoms with E-state index in [4.69, 9.17) is 15.4 Å². The Morgan fingerprint density at radius 1 is 1.43 bits per heavy atom. The molecule has 0 aliphatic carbocycles. The highest BCUT2D eigenvalue weighted by molar-refractivity contribution is 5.91. The molecule has 0 aromatic heterocycles. The molecule has 1 unspecified atom stereocenters. The van der Waals surface area contributed by atoms with Crippen LogP contribution in [0.5, 0.6) is 0 Å². The van der Waals surface area contributed by atoms with Crippen molar-refractivity contribution in [1.82, 2.24) is 10.4 Å². The van der Waals surface area contributed by atoms with Gasteiger partial charge in [-0.15, -0.1) is 0 Å². The number of carbonyl (C=O) groups is 2. The van der Waals surface area contributed by atoms with E-state index < -0.39 is 55.1 Å². The van der Waals surface area contributed by atoms with Gasteiger partial charge in [-0.1, -0.05) is 0 Å². The molecule has 0 aromatic rings. The van der Waals surface area contributed by atoms with Crippen molar-refractivity contribution in [3.63, 3.8) is 0 Å². The summed E-state index contributed by atoms with van der Waals surface area (Å²) in [6.07, 6.45) is -5.80. The molecule has 0 saturated carbocycles. The van der Waals surface area contributed by atoms with Gasteiger partial charge in [0.05, 0.1) is 6.61 Å². The van der Waals surface area contributed by atoms with Crippen LogP contribution in [0.4, 0.5) is 0 Å². The lowest BCUT2D eigenvalue weighted by atomic mass is 9.97. The summed E-state index contributed by atoms with van der Waals surface area (Å²) in [7, 11) is 0. The van der Waals surface area contributed by atoms with Gasteiger partial charge in [-0.05, 0) is 17.1 Å². The standard InChI is InChI=1S/C11H17N5O7/c12-15-13-10(21)4-1-2-6(18)16(4)14-7-9(20)8(19)5(3-17)23-11(7)22/h4-5,7-9,11,14,17,19-20,22H,1-3H2/t4-,5+,7+,8-,9+,11?/m0/s1. The molecule has 0 radical (unpaired) electrons. The third kappa shape index (κ3) is 3.43. The second-order valence-electron chi connectivity index (χ2n) is 5.23. The first kappa shape index (κ1) is 17.6. The molecule has 12 heteroatoms. The molecule has 128 valence electrons. The van der Waals surface area contributed by atoms with Gasteiger partial charge in [0, 0.05) is 11.3 Å². The van der Waals surface area contributed by atoms with Gasteiger partial charge in [-0.25, -0.2) is 5.43 Å². The van der Waals surface area contributed by atoms with Crippen molar-refractivity contribution in [2.45, 2.75) is 49.5 Å². The number of carbonyl (C=O) groups excluding carboxylic acids is 2. The van der Waals surface area contributed by atoms with E-state index in [1.54, 1.807) is 0 Å². The second-order valence-corrected chi connectivity index (χ2v) is 5.23. The minimum atomic E-state index is -1.64. The predicted molar refractivity (Wildman–Crippen MR) is 70.9 cm³/mol. The lowest BCUT2D eigenvalue weighted by Crippen LogP contribution is -2.67. The second kappa shape index (κ2) is 7.19. The summed E-state index contributed by atoms with van der Waals surface area (Å²) in [4.78, 5) is 25.9. The van der Waals surface area contributed by atoms with Crippen molar-refractivity contribution in [3.8, 4) is 0 Å². The molecule has 12 nitrogen and oxygen atoms in total. The number of hydrazine groups is 1. The highest BCUT2D eigenvalue weighted by Crippen LogP contribution is 2.23. The molecule has 23 heavy (non-hydrogen) atoms. The minimum absolute atomic E-state index is 0.00589. The number of rotatable bonds is 4. The zero-order valence-electron chi connectivity index (χ0n) is 11.9. The maximum absolute atomic E-state index is 11.9. The van der Waals surface area contributed by atoms with Gasteiger partial charge in [0.1, 0.15) is 30.4 Å². The molecule has 2 amide bonds. The number of ether oxygens (including phenoxy) is 1. The SMILES string of the molecule is [N-]=[N+]=NC(=O)[C@@H]1CCC(=O)N1N[C@H]1C(O)O[C@H](CO)[C@H](O)[C@@H]1O. The summed E-state index contributed by atoms with van der Waals surface area (Å²) in [5.41, 5.74) is 10.7. The molecule has 2 aliphatic rings. The molecule has 0 spiro atoms. The van der Waals surface area contributed by atoms with Crippen molar-refractivity contribution in [2.75, 3.05) is 6.61 Å². The van der Waals surface area contributed by atoms with Crippen LogP contribution in [-0.4, -0.2) is 80.5 Å². The van der Waals surface area contributed by atoms with E-state index in [1.165, 1.54) is 0 Å². The van der Waals surface area contributed by atoms with E-state index in [-0.39, 0.29) is 12.8 Å². The summed E-state index contributed by atoms with van der Waals surface area (Å²) in [6.45, 7) is -0.622. The lowest BCUT2D eigenvalue weighted by Gasteiger charge is -2.42. The number of aliphatic hydroxyl groups excluding tert-OH is 4. The molecule has 6 atom stereocenters. The molecule has 2 rings (SSSR count). The number of aliphatic hydroxyl groups is 4. The number of nitrogens with one attached hydrogen (secondary N) is 1. The Hall–Kier alpha value is -1.79. The fraction of sp³-hybridized carbons (Fsp3) is 0.818. The Bertz CT molecular complexity index is 525. The highest BCUT2D eigenvalue weighted by Gasteiger charge is 2.46. The maximum atomic E-state index is 11.9. The van der Waals surface area contributed by atoms with Crippen molar-refractivity contribution in [3.05, 3.63) is 10.4 Å². The minimum Gasteiger partial charge on any atom is -0.394 e. The fourth-order valence-corrected chi connectivity index (χ4v) is 2.59. The smallest absolute Gasteiger partial charge is 0.242 e. The molecule has 0 aromatic carbocycles. The van der Waals surface area contributed by atoms with Crippen LogP contribution in [0.1, 0.15) is 12.8 Å². The van der Waals surface area contributed by atoms with Gasteiger partial charge in [0.15, 0.2) is 6.29 Å². The van der Waals surface area contributed by atoms with Gasteiger partial charge in [-0.3, -0.25) is 14.6 Å². The number of hydrogen-bond acceptors (Lipinski definition) is 8. The Balaban J connectivity index is 2.13. The summed E-state index contributed by atoms with van der Waals surface area (Å²) in [5, 5.41) is 42.5. The van der Waals surface area contributed by atoms with Crippen LogP contribution >= 0.6 is 0 Å². The van der Waals surface area contributed by atoms with E-state index in [1.807, 2.05) is 0 Å². The average Bonchev–Trinajstić information content (AvgIpc) is 2.88. The van der Waals surface area contributed by atoms with Crippen molar-refractivity contribution in [1.29, 1.82) is 0 Å². The zero-order valence-corrected chi connectivity index (χ0v) is 11.9. The van der Waals surface area contributed by atoms with E-state index in [9.17, 15) is 24.9 Å². The van der Waals surface area contributed by atoms with Gasteiger partial charge in [0.2, 0.25) is 11.8 Å². The Labute approximate surface area is 129 Å². The van der Waals surface area contributed by atoms with E-state index in [2.05, 4.69) is 15.5 Å². The van der Waals surface area contributed by atoms with Gasteiger partial charge in [0.25, 0.3) is 0 Å². The van der Waals surface area contributed by atoms with Crippen LogP contribution in [-0.2, 0) is 14.3 Å². The first-order chi connectivity index (χ1) is 10.9. The highest BCUT2D eigenvalue weighted by atomic mass is 16.6. The number of amides is 2. The molecular weight excluding hydrogens is 314 g/mol. The van der Waals surface area contributed by atoms with Crippen LogP contribution in [0, 0.1) is 0 Å². The average molecular weight is 331 g/mol. The van der Waals surface area contributed by atoms with E-state index in [0.717, 1.165) is 5.01 Å².